The summed E-state index contributed by atoms with van der Waals surface area (Å²) < 4.78 is 7.79. The van der Waals surface area contributed by atoms with Crippen molar-refractivity contribution in [2.75, 3.05) is 19.8 Å². The summed E-state index contributed by atoms with van der Waals surface area (Å²) in [6, 6.07) is 12.1. The number of aliphatic imine (C=N–C) groups is 1. The molecule has 2 N–H and O–H groups in total. The molecule has 8 heteroatoms. The molecule has 0 saturated carbocycles. The molecule has 0 radical (unpaired) electrons. The van der Waals surface area contributed by atoms with Crippen LogP contribution in [0.1, 0.15) is 24.7 Å². The zero-order valence-corrected chi connectivity index (χ0v) is 18.0. The zero-order valence-electron chi connectivity index (χ0n) is 18.0. The number of ether oxygens (including phenoxy) is 1. The smallest absolute Gasteiger partial charge is 0.165 e. The lowest BCUT2D eigenvalue weighted by Crippen LogP contribution is -2.61. The van der Waals surface area contributed by atoms with E-state index < -0.39 is 5.54 Å². The first kappa shape index (κ1) is 20.1. The molecule has 1 aromatic carbocycles. The Kier molecular flexibility index (Phi) is 5.07. The highest BCUT2D eigenvalue weighted by Crippen LogP contribution is 2.41. The molecule has 0 unspecified atom stereocenters. The van der Waals surface area contributed by atoms with Crippen LogP contribution in [0.4, 0.5) is 0 Å². The third kappa shape index (κ3) is 3.03. The normalized spacial score (nSPS) is 22.6. The van der Waals surface area contributed by atoms with Crippen molar-refractivity contribution in [1.82, 2.24) is 24.6 Å². The van der Waals surface area contributed by atoms with E-state index in [0.29, 0.717) is 25.5 Å². The minimum Gasteiger partial charge on any atom is -0.403 e. The molecule has 1 atom stereocenters. The number of aromatic nitrogens is 4. The van der Waals surface area contributed by atoms with Gasteiger partial charge in [-0.15, -0.1) is 10.2 Å². The summed E-state index contributed by atoms with van der Waals surface area (Å²) in [6.07, 6.45) is 7.63. The maximum absolute atomic E-state index is 6.09. The van der Waals surface area contributed by atoms with Gasteiger partial charge in [-0.2, -0.15) is 0 Å². The molecule has 2 aliphatic rings. The van der Waals surface area contributed by atoms with Gasteiger partial charge in [0.15, 0.2) is 11.7 Å². The molecule has 5 rings (SSSR count). The largest absolute Gasteiger partial charge is 0.403 e. The maximum Gasteiger partial charge on any atom is 0.165 e. The zero-order chi connectivity index (χ0) is 22.1. The lowest BCUT2D eigenvalue weighted by molar-refractivity contribution is -0.0460. The van der Waals surface area contributed by atoms with Crippen LogP contribution in [0.5, 0.6) is 0 Å². The molecule has 8 nitrogen and oxygen atoms in total. The standard InChI is InChI=1S/C24H25N7O/c1-3-24-15-32-12-11-31(24)22(21(13-25)30-16-27-29-23(24)30)28-17(2)19-9-10-26-14-20(19)18-7-5-4-6-8-18/h4-10,13-14,16H,2-3,11-12,15,25H2,1H3/b21-13+,28-22+/t24-/m0/s1. The van der Waals surface area contributed by atoms with Crippen LogP contribution in [-0.2, 0) is 10.3 Å². The van der Waals surface area contributed by atoms with Crippen molar-refractivity contribution in [1.29, 1.82) is 0 Å². The van der Waals surface area contributed by atoms with Crippen molar-refractivity contribution >= 4 is 17.2 Å². The number of hydrogen-bond donors (Lipinski definition) is 1. The van der Waals surface area contributed by atoms with Crippen LogP contribution < -0.4 is 5.73 Å². The number of pyridine rings is 1. The Morgan fingerprint density at radius 2 is 2.16 bits per heavy atom. The Hall–Kier alpha value is -3.78. The number of nitrogens with two attached hydrogens (primary N) is 1. The molecule has 1 fully saturated rings. The van der Waals surface area contributed by atoms with Crippen molar-refractivity contribution in [3.05, 3.63) is 79.3 Å². The number of morpholine rings is 1. The number of amidine groups is 1. The summed E-state index contributed by atoms with van der Waals surface area (Å²) >= 11 is 0. The summed E-state index contributed by atoms with van der Waals surface area (Å²) in [6.45, 7) is 8.23. The van der Waals surface area contributed by atoms with Gasteiger partial charge in [-0.3, -0.25) is 9.55 Å². The van der Waals surface area contributed by atoms with Gasteiger partial charge >= 0.3 is 0 Å². The van der Waals surface area contributed by atoms with E-state index in [0.717, 1.165) is 40.5 Å². The van der Waals surface area contributed by atoms with Gasteiger partial charge in [-0.25, -0.2) is 4.99 Å². The molecule has 32 heavy (non-hydrogen) atoms. The van der Waals surface area contributed by atoms with Gasteiger partial charge < -0.3 is 15.4 Å². The summed E-state index contributed by atoms with van der Waals surface area (Å²) in [5.41, 5.74) is 9.95. The second-order valence-corrected chi connectivity index (χ2v) is 7.84. The van der Waals surface area contributed by atoms with Crippen molar-refractivity contribution in [2.45, 2.75) is 18.9 Å². The van der Waals surface area contributed by atoms with Gasteiger partial charge in [-0.05, 0) is 18.1 Å². The third-order valence-corrected chi connectivity index (χ3v) is 6.23. The van der Waals surface area contributed by atoms with Crippen molar-refractivity contribution in [2.24, 2.45) is 10.7 Å². The number of rotatable bonds is 4. The quantitative estimate of drug-likeness (QED) is 0.688. The van der Waals surface area contributed by atoms with Gasteiger partial charge in [0.2, 0.25) is 0 Å². The molecule has 1 saturated heterocycles. The Morgan fingerprint density at radius 3 is 2.94 bits per heavy atom. The van der Waals surface area contributed by atoms with Gasteiger partial charge in [0.1, 0.15) is 17.6 Å². The van der Waals surface area contributed by atoms with E-state index in [1.807, 2.05) is 35.0 Å². The first-order chi connectivity index (χ1) is 15.7. The van der Waals surface area contributed by atoms with Crippen LogP contribution in [0.15, 0.2) is 72.9 Å². The molecule has 162 valence electrons. The highest BCUT2D eigenvalue weighted by Gasteiger charge is 2.50. The Balaban J connectivity index is 1.65. The van der Waals surface area contributed by atoms with Crippen molar-refractivity contribution in [3.8, 4) is 11.1 Å². The van der Waals surface area contributed by atoms with Gasteiger partial charge in [0, 0.05) is 36.3 Å². The lowest BCUT2D eigenvalue weighted by atomic mass is 9.89. The number of benzene rings is 1. The summed E-state index contributed by atoms with van der Waals surface area (Å²) in [7, 11) is 0. The number of nitrogens with zero attached hydrogens (tertiary/aromatic N) is 6. The topological polar surface area (TPSA) is 94.5 Å². The molecular formula is C24H25N7O. The predicted molar refractivity (Wildman–Crippen MR) is 124 cm³/mol. The fourth-order valence-electron chi connectivity index (χ4n) is 4.56. The van der Waals surface area contributed by atoms with Gasteiger partial charge in [0.25, 0.3) is 0 Å². The van der Waals surface area contributed by atoms with E-state index in [-0.39, 0.29) is 0 Å². The molecule has 0 aliphatic carbocycles. The predicted octanol–water partition coefficient (Wildman–Crippen LogP) is 3.12. The Morgan fingerprint density at radius 1 is 1.31 bits per heavy atom. The fourth-order valence-corrected chi connectivity index (χ4v) is 4.56. The highest BCUT2D eigenvalue weighted by atomic mass is 16.5. The summed E-state index contributed by atoms with van der Waals surface area (Å²) in [4.78, 5) is 11.6. The molecule has 4 heterocycles. The first-order valence-corrected chi connectivity index (χ1v) is 10.7. The van der Waals surface area contributed by atoms with E-state index in [1.165, 1.54) is 0 Å². The van der Waals surface area contributed by atoms with Crippen molar-refractivity contribution in [3.63, 3.8) is 0 Å². The molecular weight excluding hydrogens is 402 g/mol. The van der Waals surface area contributed by atoms with E-state index in [9.17, 15) is 0 Å². The van der Waals surface area contributed by atoms with Crippen LogP contribution in [-0.4, -0.2) is 50.2 Å². The van der Waals surface area contributed by atoms with Crippen LogP contribution in [0.3, 0.4) is 0 Å². The van der Waals surface area contributed by atoms with Crippen LogP contribution in [0.2, 0.25) is 0 Å². The summed E-state index contributed by atoms with van der Waals surface area (Å²) in [5, 5.41) is 8.58. The SMILES string of the molecule is C=C(/N=C1\C(=C/N)n2cnnc2[C@]2(CC)COCCN12)c1ccncc1-c1ccccc1. The highest BCUT2D eigenvalue weighted by molar-refractivity contribution is 6.19. The van der Waals surface area contributed by atoms with E-state index in [4.69, 9.17) is 15.5 Å². The summed E-state index contributed by atoms with van der Waals surface area (Å²) in [5.74, 6) is 1.56. The van der Waals surface area contributed by atoms with Crippen LogP contribution >= 0.6 is 0 Å². The third-order valence-electron chi connectivity index (χ3n) is 6.23. The van der Waals surface area contributed by atoms with Gasteiger partial charge in [0.05, 0.1) is 18.9 Å². The molecule has 0 spiro atoms. The molecule has 0 bridgehead atoms. The maximum atomic E-state index is 6.09. The van der Waals surface area contributed by atoms with Crippen LogP contribution in [0, 0.1) is 0 Å². The van der Waals surface area contributed by atoms with Crippen molar-refractivity contribution < 1.29 is 4.74 Å². The number of hydrogen-bond acceptors (Lipinski definition) is 6. The minimum atomic E-state index is -0.457. The average molecular weight is 428 g/mol. The Bertz CT molecular complexity index is 1210. The second kappa shape index (κ2) is 8.05. The monoisotopic (exact) mass is 427 g/mol. The molecule has 2 aliphatic heterocycles. The lowest BCUT2D eigenvalue weighted by Gasteiger charge is -2.50. The Labute approximate surface area is 186 Å². The minimum absolute atomic E-state index is 0.457. The molecule has 2 aromatic heterocycles. The van der Waals surface area contributed by atoms with Crippen LogP contribution in [0.25, 0.3) is 22.5 Å². The molecule has 3 aromatic rings. The second-order valence-electron chi connectivity index (χ2n) is 7.84. The number of fused-ring (bicyclic) bond motifs is 3. The van der Waals surface area contributed by atoms with E-state index in [2.05, 4.69) is 45.7 Å². The van der Waals surface area contributed by atoms with E-state index >= 15 is 0 Å². The van der Waals surface area contributed by atoms with Gasteiger partial charge in [-0.1, -0.05) is 43.8 Å². The first-order valence-electron chi connectivity index (χ1n) is 10.7. The molecule has 0 amide bonds. The fraction of sp³-hybridized carbons (Fsp3) is 0.250. The van der Waals surface area contributed by atoms with E-state index in [1.54, 1.807) is 18.7 Å². The average Bonchev–Trinajstić information content (AvgIpc) is 3.35.